The van der Waals surface area contributed by atoms with Gasteiger partial charge in [-0.05, 0) is 50.8 Å². The van der Waals surface area contributed by atoms with Crippen molar-refractivity contribution in [1.82, 2.24) is 10.3 Å². The maximum Gasteiger partial charge on any atom is 0.252 e. The minimum atomic E-state index is -0.417. The lowest BCUT2D eigenvalue weighted by molar-refractivity contribution is 0.1000. The van der Waals surface area contributed by atoms with Gasteiger partial charge in [0.05, 0.1) is 17.2 Å². The molecule has 6 heteroatoms. The summed E-state index contributed by atoms with van der Waals surface area (Å²) < 4.78 is 5.69. The van der Waals surface area contributed by atoms with Crippen LogP contribution in [0.4, 0.5) is 5.82 Å². The topological polar surface area (TPSA) is 80.5 Å². The second kappa shape index (κ2) is 7.82. The quantitative estimate of drug-likeness (QED) is 0.847. The zero-order valence-corrected chi connectivity index (χ0v) is 15.9. The third-order valence-corrected chi connectivity index (χ3v) is 5.67. The lowest BCUT2D eigenvalue weighted by Gasteiger charge is -2.34. The fraction of sp³-hybridized carbons (Fsp3) is 0.524. The molecule has 1 aromatic heterocycles. The van der Waals surface area contributed by atoms with Crippen molar-refractivity contribution in [2.45, 2.75) is 44.8 Å². The number of primary amides is 1. The number of nitrogens with two attached hydrogens (primary N) is 1. The van der Waals surface area contributed by atoms with Crippen LogP contribution in [-0.2, 0) is 4.74 Å². The van der Waals surface area contributed by atoms with Crippen LogP contribution in [0.5, 0.6) is 0 Å². The van der Waals surface area contributed by atoms with Gasteiger partial charge in [0.2, 0.25) is 0 Å². The van der Waals surface area contributed by atoms with E-state index in [0.29, 0.717) is 17.7 Å². The molecule has 0 radical (unpaired) electrons. The molecule has 0 aliphatic carbocycles. The first-order chi connectivity index (χ1) is 13.1. The van der Waals surface area contributed by atoms with E-state index >= 15 is 0 Å². The molecule has 0 spiro atoms. The van der Waals surface area contributed by atoms with Gasteiger partial charge in [0.25, 0.3) is 5.91 Å². The van der Waals surface area contributed by atoms with Crippen LogP contribution in [0.15, 0.2) is 24.3 Å². The molecule has 2 aliphatic rings. The average Bonchev–Trinajstić information content (AvgIpc) is 3.19. The van der Waals surface area contributed by atoms with Gasteiger partial charge in [-0.25, -0.2) is 4.98 Å². The molecule has 2 fully saturated rings. The van der Waals surface area contributed by atoms with Crippen LogP contribution in [0.2, 0.25) is 0 Å². The molecule has 6 nitrogen and oxygen atoms in total. The van der Waals surface area contributed by atoms with Gasteiger partial charge < -0.3 is 20.7 Å². The summed E-state index contributed by atoms with van der Waals surface area (Å²) in [6.07, 6.45) is 4.76. The van der Waals surface area contributed by atoms with Crippen molar-refractivity contribution in [1.29, 1.82) is 0 Å². The van der Waals surface area contributed by atoms with Crippen LogP contribution in [0.3, 0.4) is 0 Å². The van der Waals surface area contributed by atoms with E-state index in [0.717, 1.165) is 67.8 Å². The number of carbonyl (C=O) groups excluding carboxylic acids is 1. The fourth-order valence-corrected chi connectivity index (χ4v) is 4.11. The van der Waals surface area contributed by atoms with Crippen LogP contribution < -0.4 is 16.0 Å². The molecular weight excluding hydrogens is 340 g/mol. The molecule has 1 atom stereocenters. The monoisotopic (exact) mass is 368 g/mol. The summed E-state index contributed by atoms with van der Waals surface area (Å²) in [7, 11) is 0. The molecule has 2 saturated heterocycles. The van der Waals surface area contributed by atoms with Gasteiger partial charge in [-0.3, -0.25) is 4.79 Å². The number of amides is 1. The van der Waals surface area contributed by atoms with E-state index in [-0.39, 0.29) is 0 Å². The molecule has 1 unspecified atom stereocenters. The van der Waals surface area contributed by atoms with Crippen molar-refractivity contribution in [3.05, 3.63) is 35.4 Å². The minimum Gasteiger partial charge on any atom is -0.377 e. The summed E-state index contributed by atoms with van der Waals surface area (Å²) in [6.45, 7) is 5.60. The smallest absolute Gasteiger partial charge is 0.252 e. The summed E-state index contributed by atoms with van der Waals surface area (Å²) in [6, 6.07) is 8.47. The molecular formula is C21H28N4O2. The van der Waals surface area contributed by atoms with E-state index in [9.17, 15) is 4.79 Å². The first-order valence-electron chi connectivity index (χ1n) is 9.91. The molecule has 0 saturated carbocycles. The first kappa shape index (κ1) is 18.2. The predicted octanol–water partition coefficient (Wildman–Crippen LogP) is 2.38. The number of aromatic nitrogens is 1. The zero-order chi connectivity index (χ0) is 18.8. The third-order valence-electron chi connectivity index (χ3n) is 5.67. The van der Waals surface area contributed by atoms with E-state index in [1.807, 2.05) is 31.2 Å². The number of hydrogen-bond donors (Lipinski definition) is 2. The van der Waals surface area contributed by atoms with Gasteiger partial charge in [-0.2, -0.15) is 0 Å². The maximum atomic E-state index is 12.0. The van der Waals surface area contributed by atoms with Crippen molar-refractivity contribution in [2.75, 3.05) is 31.1 Å². The van der Waals surface area contributed by atoms with E-state index in [1.54, 1.807) is 0 Å². The fourth-order valence-electron chi connectivity index (χ4n) is 4.11. The highest BCUT2D eigenvalue weighted by molar-refractivity contribution is 6.01. The molecule has 4 rings (SSSR count). The number of fused-ring (bicyclic) bond motifs is 1. The van der Waals surface area contributed by atoms with E-state index in [1.165, 1.54) is 6.42 Å². The number of hydrogen-bond acceptors (Lipinski definition) is 5. The number of nitrogens with zero attached hydrogens (tertiary/aromatic N) is 2. The van der Waals surface area contributed by atoms with Gasteiger partial charge in [0.1, 0.15) is 5.82 Å². The molecule has 1 amide bonds. The minimum absolute atomic E-state index is 0.370. The predicted molar refractivity (Wildman–Crippen MR) is 107 cm³/mol. The Morgan fingerprint density at radius 3 is 2.81 bits per heavy atom. The Morgan fingerprint density at radius 1 is 1.30 bits per heavy atom. The summed E-state index contributed by atoms with van der Waals surface area (Å²) in [5.41, 5.74) is 8.22. The molecule has 1 aromatic carbocycles. The highest BCUT2D eigenvalue weighted by atomic mass is 16.5. The van der Waals surface area contributed by atoms with Crippen LogP contribution in [-0.4, -0.2) is 49.3 Å². The first-order valence-corrected chi connectivity index (χ1v) is 9.91. The van der Waals surface area contributed by atoms with E-state index in [2.05, 4.69) is 10.2 Å². The van der Waals surface area contributed by atoms with Crippen LogP contribution in [0, 0.1) is 6.92 Å². The third kappa shape index (κ3) is 4.06. The van der Waals surface area contributed by atoms with Gasteiger partial charge in [-0.15, -0.1) is 0 Å². The van der Waals surface area contributed by atoms with Crippen LogP contribution in [0.25, 0.3) is 10.9 Å². The normalized spacial score (nSPS) is 21.1. The number of rotatable bonds is 5. The number of anilines is 1. The standard InChI is InChI=1S/C21H28N4O2/c1-14-4-5-19-15(11-14)12-18(20(22)26)21(24-19)25-8-6-16(7-9-25)23-13-17-3-2-10-27-17/h4-5,11-12,16-17,23H,2-3,6-10,13H2,1H3,(H2,22,26). The molecule has 2 aromatic rings. The van der Waals surface area contributed by atoms with E-state index in [4.69, 9.17) is 15.5 Å². The highest BCUT2D eigenvalue weighted by Gasteiger charge is 2.25. The second-order valence-corrected chi connectivity index (χ2v) is 7.72. The Hall–Kier alpha value is -2.18. The van der Waals surface area contributed by atoms with Gasteiger partial charge in [0, 0.05) is 37.7 Å². The van der Waals surface area contributed by atoms with Crippen molar-refractivity contribution in [2.24, 2.45) is 5.73 Å². The van der Waals surface area contributed by atoms with E-state index < -0.39 is 5.91 Å². The molecule has 0 bridgehead atoms. The molecule has 27 heavy (non-hydrogen) atoms. The lowest BCUT2D eigenvalue weighted by atomic mass is 10.0. The summed E-state index contributed by atoms with van der Waals surface area (Å²) >= 11 is 0. The van der Waals surface area contributed by atoms with Crippen molar-refractivity contribution in [3.63, 3.8) is 0 Å². The average molecular weight is 368 g/mol. The molecule has 3 N–H and O–H groups in total. The Morgan fingerprint density at radius 2 is 2.11 bits per heavy atom. The molecule has 144 valence electrons. The zero-order valence-electron chi connectivity index (χ0n) is 15.9. The van der Waals surface area contributed by atoms with Gasteiger partial charge >= 0.3 is 0 Å². The van der Waals surface area contributed by atoms with Crippen LogP contribution in [0.1, 0.15) is 41.6 Å². The number of piperidine rings is 1. The summed E-state index contributed by atoms with van der Waals surface area (Å²) in [5, 5.41) is 4.60. The highest BCUT2D eigenvalue weighted by Crippen LogP contribution is 2.27. The molecule has 3 heterocycles. The number of aryl methyl sites for hydroxylation is 1. The summed E-state index contributed by atoms with van der Waals surface area (Å²) in [4.78, 5) is 19.0. The maximum absolute atomic E-state index is 12.0. The number of pyridine rings is 1. The largest absolute Gasteiger partial charge is 0.377 e. The SMILES string of the molecule is Cc1ccc2nc(N3CCC(NCC4CCCO4)CC3)c(C(N)=O)cc2c1. The summed E-state index contributed by atoms with van der Waals surface area (Å²) in [5.74, 6) is 0.302. The van der Waals surface area contributed by atoms with Gasteiger partial charge in [-0.1, -0.05) is 11.6 Å². The van der Waals surface area contributed by atoms with Crippen molar-refractivity contribution in [3.8, 4) is 0 Å². The Labute approximate surface area is 160 Å². The number of nitrogens with one attached hydrogen (secondary N) is 1. The second-order valence-electron chi connectivity index (χ2n) is 7.72. The lowest BCUT2D eigenvalue weighted by Crippen LogP contribution is -2.45. The molecule has 2 aliphatic heterocycles. The Bertz CT molecular complexity index is 824. The van der Waals surface area contributed by atoms with Crippen molar-refractivity contribution >= 4 is 22.6 Å². The van der Waals surface area contributed by atoms with Gasteiger partial charge in [0.15, 0.2) is 0 Å². The Balaban J connectivity index is 1.46. The van der Waals surface area contributed by atoms with Crippen molar-refractivity contribution < 1.29 is 9.53 Å². The van der Waals surface area contributed by atoms with Crippen LogP contribution >= 0.6 is 0 Å². The Kier molecular flexibility index (Phi) is 5.27. The number of ether oxygens (including phenoxy) is 1. The number of benzene rings is 1. The number of carbonyl (C=O) groups is 1.